The quantitative estimate of drug-likeness (QED) is 0.892. The Morgan fingerprint density at radius 1 is 1.47 bits per heavy atom. The number of aliphatic hydroxyl groups is 1. The van der Waals surface area contributed by atoms with E-state index in [2.05, 4.69) is 0 Å². The van der Waals surface area contributed by atoms with Crippen LogP contribution in [0.3, 0.4) is 0 Å². The summed E-state index contributed by atoms with van der Waals surface area (Å²) in [6, 6.07) is 4.32. The molecule has 1 heterocycles. The van der Waals surface area contributed by atoms with Crippen LogP contribution in [0.5, 0.6) is 0 Å². The Kier molecular flexibility index (Phi) is 3.63. The van der Waals surface area contributed by atoms with Gasteiger partial charge in [0.2, 0.25) is 0 Å². The second-order valence-electron chi connectivity index (χ2n) is 5.77. The average molecular weight is 265 g/mol. The van der Waals surface area contributed by atoms with E-state index in [0.717, 1.165) is 12.8 Å². The van der Waals surface area contributed by atoms with Crippen molar-refractivity contribution in [2.75, 3.05) is 6.54 Å². The van der Waals surface area contributed by atoms with Gasteiger partial charge in [-0.3, -0.25) is 4.79 Å². The number of hydrogen-bond donors (Lipinski definition) is 1. The van der Waals surface area contributed by atoms with Crippen molar-refractivity contribution >= 4 is 5.91 Å². The molecule has 0 bridgehead atoms. The van der Waals surface area contributed by atoms with E-state index in [4.69, 9.17) is 0 Å². The standard InChI is InChI=1S/C15H20FNO2/c1-10-6-7-11(9-12(10)16)14(18)17-8-4-5-13(17)15(2,3)19/h6-7,9,13,19H,4-5,8H2,1-3H3. The molecule has 104 valence electrons. The van der Waals surface area contributed by atoms with Gasteiger partial charge < -0.3 is 10.0 Å². The minimum absolute atomic E-state index is 0.204. The van der Waals surface area contributed by atoms with Gasteiger partial charge in [0.25, 0.3) is 5.91 Å². The predicted octanol–water partition coefficient (Wildman–Crippen LogP) is 2.51. The maximum absolute atomic E-state index is 13.5. The molecule has 0 aromatic heterocycles. The van der Waals surface area contributed by atoms with Gasteiger partial charge in [-0.1, -0.05) is 6.07 Å². The molecule has 0 spiro atoms. The Balaban J connectivity index is 2.26. The smallest absolute Gasteiger partial charge is 0.254 e. The summed E-state index contributed by atoms with van der Waals surface area (Å²) in [5, 5.41) is 10.1. The van der Waals surface area contributed by atoms with Crippen LogP contribution in [0.15, 0.2) is 18.2 Å². The number of nitrogens with zero attached hydrogens (tertiary/aromatic N) is 1. The zero-order chi connectivity index (χ0) is 14.2. The third kappa shape index (κ3) is 2.78. The Morgan fingerprint density at radius 2 is 2.16 bits per heavy atom. The first-order chi connectivity index (χ1) is 8.80. The molecular weight excluding hydrogens is 245 g/mol. The normalized spacial score (nSPS) is 19.8. The highest BCUT2D eigenvalue weighted by molar-refractivity contribution is 5.94. The van der Waals surface area contributed by atoms with Crippen LogP contribution in [0.25, 0.3) is 0 Å². The van der Waals surface area contributed by atoms with E-state index in [9.17, 15) is 14.3 Å². The molecule has 1 amide bonds. The van der Waals surface area contributed by atoms with E-state index in [-0.39, 0.29) is 17.8 Å². The highest BCUT2D eigenvalue weighted by Crippen LogP contribution is 2.28. The molecule has 2 rings (SSSR count). The molecule has 4 heteroatoms. The van der Waals surface area contributed by atoms with Crippen LogP contribution in [0.2, 0.25) is 0 Å². The van der Waals surface area contributed by atoms with Gasteiger partial charge in [0, 0.05) is 12.1 Å². The van der Waals surface area contributed by atoms with Crippen LogP contribution in [-0.2, 0) is 0 Å². The third-order valence-electron chi connectivity index (χ3n) is 3.75. The van der Waals surface area contributed by atoms with Crippen molar-refractivity contribution in [1.82, 2.24) is 4.90 Å². The number of carbonyl (C=O) groups is 1. The second-order valence-corrected chi connectivity index (χ2v) is 5.77. The topological polar surface area (TPSA) is 40.5 Å². The predicted molar refractivity (Wildman–Crippen MR) is 71.5 cm³/mol. The van der Waals surface area contributed by atoms with Gasteiger partial charge in [0.05, 0.1) is 11.6 Å². The number of likely N-dealkylation sites (tertiary alicyclic amines) is 1. The number of hydrogen-bond acceptors (Lipinski definition) is 2. The number of halogens is 1. The van der Waals surface area contributed by atoms with E-state index in [1.807, 2.05) is 0 Å². The lowest BCUT2D eigenvalue weighted by Gasteiger charge is -2.33. The lowest BCUT2D eigenvalue weighted by molar-refractivity contribution is 0.000323. The second kappa shape index (κ2) is 4.93. The van der Waals surface area contributed by atoms with E-state index >= 15 is 0 Å². The molecule has 1 atom stereocenters. The van der Waals surface area contributed by atoms with Crippen LogP contribution in [-0.4, -0.2) is 34.1 Å². The molecule has 1 aromatic rings. The summed E-state index contributed by atoms with van der Waals surface area (Å²) in [7, 11) is 0. The number of benzene rings is 1. The zero-order valence-electron chi connectivity index (χ0n) is 11.6. The molecule has 1 aliphatic rings. The van der Waals surface area contributed by atoms with Crippen LogP contribution in [0.1, 0.15) is 42.6 Å². The molecule has 1 aromatic carbocycles. The first-order valence-corrected chi connectivity index (χ1v) is 6.60. The molecule has 1 fully saturated rings. The van der Waals surface area contributed by atoms with Crippen molar-refractivity contribution in [3.63, 3.8) is 0 Å². The Labute approximate surface area is 113 Å². The lowest BCUT2D eigenvalue weighted by Crippen LogP contribution is -2.48. The molecule has 0 radical (unpaired) electrons. The first kappa shape index (κ1) is 14.0. The van der Waals surface area contributed by atoms with E-state index in [1.54, 1.807) is 37.8 Å². The molecule has 1 N–H and O–H groups in total. The van der Waals surface area contributed by atoms with Crippen LogP contribution in [0.4, 0.5) is 4.39 Å². The Morgan fingerprint density at radius 3 is 2.74 bits per heavy atom. The van der Waals surface area contributed by atoms with Crippen molar-refractivity contribution in [3.05, 3.63) is 35.1 Å². The summed E-state index contributed by atoms with van der Waals surface area (Å²) in [5.41, 5.74) is -0.0636. The van der Waals surface area contributed by atoms with Crippen molar-refractivity contribution < 1.29 is 14.3 Å². The molecular formula is C15H20FNO2. The number of carbonyl (C=O) groups excluding carboxylic acids is 1. The van der Waals surface area contributed by atoms with Gasteiger partial charge in [-0.2, -0.15) is 0 Å². The van der Waals surface area contributed by atoms with Crippen LogP contribution < -0.4 is 0 Å². The summed E-state index contributed by atoms with van der Waals surface area (Å²) in [6.45, 7) is 5.69. The largest absolute Gasteiger partial charge is 0.388 e. The monoisotopic (exact) mass is 265 g/mol. The first-order valence-electron chi connectivity index (χ1n) is 6.60. The van der Waals surface area contributed by atoms with E-state index in [0.29, 0.717) is 17.7 Å². The van der Waals surface area contributed by atoms with Crippen LogP contribution in [0, 0.1) is 12.7 Å². The molecule has 3 nitrogen and oxygen atoms in total. The number of aryl methyl sites for hydroxylation is 1. The highest BCUT2D eigenvalue weighted by Gasteiger charge is 2.38. The maximum Gasteiger partial charge on any atom is 0.254 e. The molecule has 0 saturated carbocycles. The fourth-order valence-corrected chi connectivity index (χ4v) is 2.64. The molecule has 19 heavy (non-hydrogen) atoms. The van der Waals surface area contributed by atoms with Gasteiger partial charge in [-0.05, 0) is 51.3 Å². The molecule has 1 saturated heterocycles. The third-order valence-corrected chi connectivity index (χ3v) is 3.75. The Bertz CT molecular complexity index is 493. The van der Waals surface area contributed by atoms with Gasteiger partial charge in [-0.15, -0.1) is 0 Å². The summed E-state index contributed by atoms with van der Waals surface area (Å²) < 4.78 is 13.5. The zero-order valence-corrected chi connectivity index (χ0v) is 11.6. The molecule has 0 aliphatic carbocycles. The minimum atomic E-state index is -0.935. The minimum Gasteiger partial charge on any atom is -0.388 e. The average Bonchev–Trinajstić information content (AvgIpc) is 2.80. The van der Waals surface area contributed by atoms with E-state index < -0.39 is 5.60 Å². The van der Waals surface area contributed by atoms with Crippen molar-refractivity contribution in [2.24, 2.45) is 0 Å². The van der Waals surface area contributed by atoms with Gasteiger partial charge in [0.1, 0.15) is 5.82 Å². The summed E-state index contributed by atoms with van der Waals surface area (Å²) in [6.07, 6.45) is 1.65. The molecule has 1 unspecified atom stereocenters. The fourth-order valence-electron chi connectivity index (χ4n) is 2.64. The lowest BCUT2D eigenvalue weighted by atomic mass is 9.96. The summed E-state index contributed by atoms with van der Waals surface area (Å²) in [5.74, 6) is -0.576. The fraction of sp³-hybridized carbons (Fsp3) is 0.533. The summed E-state index contributed by atoms with van der Waals surface area (Å²) in [4.78, 5) is 14.1. The number of rotatable bonds is 2. The SMILES string of the molecule is Cc1ccc(C(=O)N2CCCC2C(C)(C)O)cc1F. The van der Waals surface area contributed by atoms with E-state index in [1.165, 1.54) is 6.07 Å². The van der Waals surface area contributed by atoms with Crippen molar-refractivity contribution in [2.45, 2.75) is 45.3 Å². The summed E-state index contributed by atoms with van der Waals surface area (Å²) >= 11 is 0. The highest BCUT2D eigenvalue weighted by atomic mass is 19.1. The van der Waals surface area contributed by atoms with Crippen LogP contribution >= 0.6 is 0 Å². The number of amides is 1. The van der Waals surface area contributed by atoms with Gasteiger partial charge in [0.15, 0.2) is 0 Å². The van der Waals surface area contributed by atoms with Crippen molar-refractivity contribution in [3.8, 4) is 0 Å². The van der Waals surface area contributed by atoms with Gasteiger partial charge in [-0.25, -0.2) is 4.39 Å². The molecule has 1 aliphatic heterocycles. The van der Waals surface area contributed by atoms with Crippen molar-refractivity contribution in [1.29, 1.82) is 0 Å². The maximum atomic E-state index is 13.5. The van der Waals surface area contributed by atoms with Gasteiger partial charge >= 0.3 is 0 Å². The Hall–Kier alpha value is -1.42.